The molecule has 0 saturated heterocycles. The van der Waals surface area contributed by atoms with E-state index < -0.39 is 0 Å². The highest BCUT2D eigenvalue weighted by Crippen LogP contribution is 2.25. The van der Waals surface area contributed by atoms with Gasteiger partial charge in [0.2, 0.25) is 0 Å². The third kappa shape index (κ3) is 4.76. The Balaban J connectivity index is 1.38. The molecule has 0 atom stereocenters. The van der Waals surface area contributed by atoms with Crippen LogP contribution in [0, 0.1) is 5.82 Å². The zero-order valence-corrected chi connectivity index (χ0v) is 18.0. The predicted octanol–water partition coefficient (Wildman–Crippen LogP) is 4.85. The van der Waals surface area contributed by atoms with Gasteiger partial charge in [0.15, 0.2) is 16.8 Å². The molecule has 3 aromatic carbocycles. The van der Waals surface area contributed by atoms with E-state index in [-0.39, 0.29) is 23.3 Å². The Kier molecular flexibility index (Phi) is 6.42. The second kappa shape index (κ2) is 9.57. The summed E-state index contributed by atoms with van der Waals surface area (Å²) in [5, 5.41) is 11.5. The monoisotopic (exact) mass is 446 g/mol. The summed E-state index contributed by atoms with van der Waals surface area (Å²) in [4.78, 5) is 24.8. The van der Waals surface area contributed by atoms with E-state index >= 15 is 0 Å². The molecule has 0 aliphatic heterocycles. The van der Waals surface area contributed by atoms with E-state index in [1.165, 1.54) is 17.8 Å². The van der Waals surface area contributed by atoms with Crippen LogP contribution in [0.1, 0.15) is 20.7 Å². The number of thioether (sulfide) groups is 1. The minimum absolute atomic E-state index is 0.0913. The summed E-state index contributed by atoms with van der Waals surface area (Å²) in [7, 11) is 1.73. The van der Waals surface area contributed by atoms with Crippen molar-refractivity contribution in [2.24, 2.45) is 7.05 Å². The van der Waals surface area contributed by atoms with Gasteiger partial charge in [-0.2, -0.15) is 0 Å². The molecule has 0 spiro atoms. The van der Waals surface area contributed by atoms with Crippen molar-refractivity contribution in [3.63, 3.8) is 0 Å². The fraction of sp³-hybridized carbons (Fsp3) is 0.0833. The number of rotatable bonds is 7. The maximum absolute atomic E-state index is 14.0. The van der Waals surface area contributed by atoms with Crippen LogP contribution >= 0.6 is 11.8 Å². The minimum Gasteiger partial charge on any atom is -0.322 e. The highest BCUT2D eigenvalue weighted by atomic mass is 32.2. The average molecular weight is 447 g/mol. The molecular weight excluding hydrogens is 427 g/mol. The van der Waals surface area contributed by atoms with E-state index in [1.54, 1.807) is 78.3 Å². The third-order valence-electron chi connectivity index (χ3n) is 4.78. The van der Waals surface area contributed by atoms with Crippen molar-refractivity contribution in [1.29, 1.82) is 0 Å². The zero-order chi connectivity index (χ0) is 22.5. The van der Waals surface area contributed by atoms with E-state index in [0.29, 0.717) is 33.4 Å². The maximum atomic E-state index is 14.0. The van der Waals surface area contributed by atoms with E-state index in [9.17, 15) is 14.0 Å². The van der Waals surface area contributed by atoms with Crippen LogP contribution in [-0.4, -0.2) is 32.2 Å². The summed E-state index contributed by atoms with van der Waals surface area (Å²) in [5.74, 6) is -0.134. The molecule has 0 radical (unpaired) electrons. The first-order valence-corrected chi connectivity index (χ1v) is 10.8. The third-order valence-corrected chi connectivity index (χ3v) is 5.80. The molecule has 6 nitrogen and oxygen atoms in total. The Morgan fingerprint density at radius 1 is 0.906 bits per heavy atom. The largest absolute Gasteiger partial charge is 0.322 e. The molecule has 1 N–H and O–H groups in total. The maximum Gasteiger partial charge on any atom is 0.255 e. The number of benzene rings is 3. The standard InChI is InChI=1S/C24H19FN4O2S/c1-29-22(19-9-5-6-10-20(19)25)27-28-24(29)32-15-21(30)16-11-13-18(14-12-16)26-23(31)17-7-3-2-4-8-17/h2-14H,15H2,1H3,(H,26,31). The average Bonchev–Trinajstić information content (AvgIpc) is 3.19. The van der Waals surface area contributed by atoms with Gasteiger partial charge in [-0.25, -0.2) is 4.39 Å². The quantitative estimate of drug-likeness (QED) is 0.324. The number of amides is 1. The van der Waals surface area contributed by atoms with Gasteiger partial charge in [-0.15, -0.1) is 10.2 Å². The Hall–Kier alpha value is -3.78. The number of hydrogen-bond acceptors (Lipinski definition) is 5. The molecule has 0 fully saturated rings. The van der Waals surface area contributed by atoms with Crippen molar-refractivity contribution < 1.29 is 14.0 Å². The molecule has 4 rings (SSSR count). The van der Waals surface area contributed by atoms with Gasteiger partial charge < -0.3 is 9.88 Å². The summed E-state index contributed by atoms with van der Waals surface area (Å²) >= 11 is 1.23. The highest BCUT2D eigenvalue weighted by Gasteiger charge is 2.16. The second-order valence-corrected chi connectivity index (χ2v) is 7.90. The normalized spacial score (nSPS) is 10.7. The van der Waals surface area contributed by atoms with Gasteiger partial charge in [-0.1, -0.05) is 42.1 Å². The minimum atomic E-state index is -0.380. The smallest absolute Gasteiger partial charge is 0.255 e. The number of carbonyl (C=O) groups excluding carboxylic acids is 2. The number of aromatic nitrogens is 3. The Morgan fingerprint density at radius 3 is 2.31 bits per heavy atom. The molecule has 0 aliphatic rings. The fourth-order valence-electron chi connectivity index (χ4n) is 3.06. The second-order valence-electron chi connectivity index (χ2n) is 6.95. The molecule has 1 amide bonds. The summed E-state index contributed by atoms with van der Waals surface area (Å²) in [6.07, 6.45) is 0. The van der Waals surface area contributed by atoms with Gasteiger partial charge in [-0.05, 0) is 48.5 Å². The van der Waals surface area contributed by atoms with Crippen LogP contribution < -0.4 is 5.32 Å². The predicted molar refractivity (Wildman–Crippen MR) is 122 cm³/mol. The number of halogens is 1. The van der Waals surface area contributed by atoms with Crippen molar-refractivity contribution in [2.45, 2.75) is 5.16 Å². The number of carbonyl (C=O) groups is 2. The Bertz CT molecular complexity index is 1260. The summed E-state index contributed by atoms with van der Waals surface area (Å²) in [6.45, 7) is 0. The molecule has 160 valence electrons. The van der Waals surface area contributed by atoms with E-state index in [1.807, 2.05) is 6.07 Å². The topological polar surface area (TPSA) is 76.9 Å². The first-order valence-electron chi connectivity index (χ1n) is 9.79. The van der Waals surface area contributed by atoms with Crippen molar-refractivity contribution in [3.05, 3.63) is 95.8 Å². The lowest BCUT2D eigenvalue weighted by molar-refractivity contribution is 0.101. The van der Waals surface area contributed by atoms with Crippen LogP contribution in [0.25, 0.3) is 11.4 Å². The summed E-state index contributed by atoms with van der Waals surface area (Å²) in [5.41, 5.74) is 2.04. The molecular formula is C24H19FN4O2S. The van der Waals surface area contributed by atoms with Crippen LogP contribution in [-0.2, 0) is 7.05 Å². The number of ketones is 1. The number of nitrogens with one attached hydrogen (secondary N) is 1. The SMILES string of the molecule is Cn1c(SCC(=O)c2ccc(NC(=O)c3ccccc3)cc2)nnc1-c1ccccc1F. The highest BCUT2D eigenvalue weighted by molar-refractivity contribution is 7.99. The van der Waals surface area contributed by atoms with Gasteiger partial charge >= 0.3 is 0 Å². The van der Waals surface area contributed by atoms with E-state index in [2.05, 4.69) is 15.5 Å². The van der Waals surface area contributed by atoms with Gasteiger partial charge in [-0.3, -0.25) is 9.59 Å². The molecule has 8 heteroatoms. The Labute approximate surface area is 188 Å². The van der Waals surface area contributed by atoms with Crippen LogP contribution in [0.2, 0.25) is 0 Å². The number of Topliss-reactive ketones (excluding diaryl/α,β-unsaturated/α-hetero) is 1. The number of anilines is 1. The molecule has 0 bridgehead atoms. The van der Waals surface area contributed by atoms with E-state index in [4.69, 9.17) is 0 Å². The van der Waals surface area contributed by atoms with Crippen molar-refractivity contribution >= 4 is 29.1 Å². The number of nitrogens with zero attached hydrogens (tertiary/aromatic N) is 3. The van der Waals surface area contributed by atoms with Crippen LogP contribution in [0.3, 0.4) is 0 Å². The summed E-state index contributed by atoms with van der Waals surface area (Å²) in [6, 6.07) is 22.0. The Morgan fingerprint density at radius 2 is 1.59 bits per heavy atom. The van der Waals surface area contributed by atoms with Crippen LogP contribution in [0.5, 0.6) is 0 Å². The van der Waals surface area contributed by atoms with Crippen molar-refractivity contribution in [1.82, 2.24) is 14.8 Å². The lowest BCUT2D eigenvalue weighted by Crippen LogP contribution is -2.12. The molecule has 1 aromatic heterocycles. The van der Waals surface area contributed by atoms with Crippen LogP contribution in [0.4, 0.5) is 10.1 Å². The molecule has 4 aromatic rings. The first-order chi connectivity index (χ1) is 15.5. The first kappa shape index (κ1) is 21.5. The summed E-state index contributed by atoms with van der Waals surface area (Å²) < 4.78 is 15.7. The lowest BCUT2D eigenvalue weighted by atomic mass is 10.1. The lowest BCUT2D eigenvalue weighted by Gasteiger charge is -2.07. The van der Waals surface area contributed by atoms with Gasteiger partial charge in [0.1, 0.15) is 5.82 Å². The fourth-order valence-corrected chi connectivity index (χ4v) is 3.87. The molecule has 0 unspecified atom stereocenters. The molecule has 32 heavy (non-hydrogen) atoms. The van der Waals surface area contributed by atoms with Crippen LogP contribution in [0.15, 0.2) is 84.0 Å². The van der Waals surface area contributed by atoms with E-state index in [0.717, 1.165) is 0 Å². The molecule has 0 aliphatic carbocycles. The molecule has 0 saturated carbocycles. The van der Waals surface area contributed by atoms with Gasteiger partial charge in [0.05, 0.1) is 11.3 Å². The van der Waals surface area contributed by atoms with Gasteiger partial charge in [0, 0.05) is 23.9 Å². The zero-order valence-electron chi connectivity index (χ0n) is 17.2. The van der Waals surface area contributed by atoms with Gasteiger partial charge in [0.25, 0.3) is 5.91 Å². The number of hydrogen-bond donors (Lipinski definition) is 1. The molecule has 1 heterocycles. The van der Waals surface area contributed by atoms with Crippen molar-refractivity contribution in [2.75, 3.05) is 11.1 Å². The van der Waals surface area contributed by atoms with Crippen molar-refractivity contribution in [3.8, 4) is 11.4 Å².